The third-order valence-corrected chi connectivity index (χ3v) is 3.25. The molecule has 1 aromatic carbocycles. The zero-order valence-electron chi connectivity index (χ0n) is 15.4. The Morgan fingerprint density at radius 3 is 1.92 bits per heavy atom. The number of nitrogens with zero attached hydrogens (tertiary/aromatic N) is 1. The number of aliphatic carboxylic acids is 2. The molecule has 0 aliphatic carbocycles. The number of amides is 2. The van der Waals surface area contributed by atoms with E-state index in [2.05, 4.69) is 5.32 Å². The summed E-state index contributed by atoms with van der Waals surface area (Å²) >= 11 is 0. The molecule has 144 valence electrons. The first-order chi connectivity index (χ1) is 12.1. The summed E-state index contributed by atoms with van der Waals surface area (Å²) in [7, 11) is 0. The Morgan fingerprint density at radius 1 is 1.04 bits per heavy atom. The van der Waals surface area contributed by atoms with Crippen LogP contribution in [0, 0.1) is 5.92 Å². The Bertz CT molecular complexity index is 611. The molecular formula is C18H26N2O6. The largest absolute Gasteiger partial charge is 0.481 e. The van der Waals surface area contributed by atoms with E-state index in [0.717, 1.165) is 12.5 Å². The maximum Gasteiger partial charge on any atom is 0.322 e. The van der Waals surface area contributed by atoms with E-state index in [0.29, 0.717) is 6.54 Å². The van der Waals surface area contributed by atoms with Crippen molar-refractivity contribution in [1.29, 1.82) is 0 Å². The van der Waals surface area contributed by atoms with E-state index in [9.17, 15) is 14.4 Å². The molecule has 0 aromatic heterocycles. The monoisotopic (exact) mass is 366 g/mol. The van der Waals surface area contributed by atoms with Gasteiger partial charge in [0.1, 0.15) is 12.6 Å². The second-order valence-electron chi connectivity index (χ2n) is 5.95. The molecule has 0 fully saturated rings. The Kier molecular flexibility index (Phi) is 10.3. The van der Waals surface area contributed by atoms with Crippen LogP contribution in [0.1, 0.15) is 33.3 Å². The molecule has 0 spiro atoms. The predicted octanol–water partition coefficient (Wildman–Crippen LogP) is 1.35. The van der Waals surface area contributed by atoms with Crippen molar-refractivity contribution in [3.8, 4) is 0 Å². The Hall–Kier alpha value is -2.90. The van der Waals surface area contributed by atoms with Gasteiger partial charge >= 0.3 is 5.97 Å². The SMILES string of the molecule is CC(=O)N(Cc1ccccc1)C(C(=O)NCC(=O)O)C(C)C.CC(=O)O. The van der Waals surface area contributed by atoms with Gasteiger partial charge in [0.05, 0.1) is 0 Å². The third kappa shape index (κ3) is 9.41. The summed E-state index contributed by atoms with van der Waals surface area (Å²) in [5.74, 6) is -2.77. The molecule has 1 rings (SSSR count). The lowest BCUT2D eigenvalue weighted by Gasteiger charge is -2.32. The fourth-order valence-corrected chi connectivity index (χ4v) is 2.26. The van der Waals surface area contributed by atoms with Crippen molar-refractivity contribution in [3.05, 3.63) is 35.9 Å². The lowest BCUT2D eigenvalue weighted by atomic mass is 10.0. The minimum absolute atomic E-state index is 0.138. The summed E-state index contributed by atoms with van der Waals surface area (Å²) in [6.07, 6.45) is 0. The van der Waals surface area contributed by atoms with Crippen molar-refractivity contribution in [2.45, 2.75) is 40.3 Å². The average molecular weight is 366 g/mol. The number of rotatable bonds is 7. The van der Waals surface area contributed by atoms with Crippen LogP contribution >= 0.6 is 0 Å². The fraction of sp³-hybridized carbons (Fsp3) is 0.444. The van der Waals surface area contributed by atoms with Crippen LogP contribution in [0.3, 0.4) is 0 Å². The number of carbonyl (C=O) groups is 4. The van der Waals surface area contributed by atoms with Gasteiger partial charge in [0.25, 0.3) is 5.97 Å². The van der Waals surface area contributed by atoms with Gasteiger partial charge in [-0.1, -0.05) is 44.2 Å². The molecule has 0 aliphatic rings. The molecule has 8 heteroatoms. The average Bonchev–Trinajstić information content (AvgIpc) is 2.52. The van der Waals surface area contributed by atoms with E-state index >= 15 is 0 Å². The molecule has 3 N–H and O–H groups in total. The zero-order chi connectivity index (χ0) is 20.3. The van der Waals surface area contributed by atoms with E-state index in [4.69, 9.17) is 15.0 Å². The molecule has 0 aliphatic heterocycles. The number of hydrogen-bond donors (Lipinski definition) is 3. The van der Waals surface area contributed by atoms with E-state index in [1.165, 1.54) is 11.8 Å². The van der Waals surface area contributed by atoms with Gasteiger partial charge < -0.3 is 20.4 Å². The fourth-order valence-electron chi connectivity index (χ4n) is 2.26. The third-order valence-electron chi connectivity index (χ3n) is 3.25. The number of benzene rings is 1. The molecule has 0 radical (unpaired) electrons. The predicted molar refractivity (Wildman–Crippen MR) is 95.2 cm³/mol. The minimum Gasteiger partial charge on any atom is -0.481 e. The van der Waals surface area contributed by atoms with Crippen LogP contribution < -0.4 is 5.32 Å². The number of hydrogen-bond acceptors (Lipinski definition) is 4. The molecule has 1 unspecified atom stereocenters. The van der Waals surface area contributed by atoms with Crippen molar-refractivity contribution < 1.29 is 29.4 Å². The summed E-state index contributed by atoms with van der Waals surface area (Å²) in [6, 6.07) is 8.65. The molecule has 0 bridgehead atoms. The van der Waals surface area contributed by atoms with E-state index in [-0.39, 0.29) is 11.8 Å². The highest BCUT2D eigenvalue weighted by Crippen LogP contribution is 2.15. The summed E-state index contributed by atoms with van der Waals surface area (Å²) in [5.41, 5.74) is 0.911. The van der Waals surface area contributed by atoms with Gasteiger partial charge in [-0.25, -0.2) is 0 Å². The smallest absolute Gasteiger partial charge is 0.322 e. The van der Waals surface area contributed by atoms with Gasteiger partial charge in [0, 0.05) is 20.4 Å². The van der Waals surface area contributed by atoms with Gasteiger partial charge in [-0.2, -0.15) is 0 Å². The normalized spacial score (nSPS) is 11.0. The van der Waals surface area contributed by atoms with E-state index in [1.54, 1.807) is 0 Å². The minimum atomic E-state index is -1.12. The van der Waals surface area contributed by atoms with Crippen molar-refractivity contribution in [2.24, 2.45) is 5.92 Å². The van der Waals surface area contributed by atoms with Gasteiger partial charge in [0.15, 0.2) is 0 Å². The molecule has 2 amide bonds. The Balaban J connectivity index is 0.00000141. The lowest BCUT2D eigenvalue weighted by Crippen LogP contribution is -2.52. The molecule has 0 saturated heterocycles. The first kappa shape index (κ1) is 23.1. The quantitative estimate of drug-likeness (QED) is 0.669. The van der Waals surface area contributed by atoms with Crippen LogP contribution in [0.4, 0.5) is 0 Å². The molecule has 1 aromatic rings. The van der Waals surface area contributed by atoms with Crippen LogP contribution in [0.5, 0.6) is 0 Å². The Labute approximate surface area is 152 Å². The van der Waals surface area contributed by atoms with E-state index < -0.39 is 30.4 Å². The van der Waals surface area contributed by atoms with Crippen molar-refractivity contribution >= 4 is 23.8 Å². The van der Waals surface area contributed by atoms with Gasteiger partial charge in [-0.15, -0.1) is 0 Å². The number of nitrogens with one attached hydrogen (secondary N) is 1. The summed E-state index contributed by atoms with van der Waals surface area (Å²) in [6.45, 7) is 5.99. The van der Waals surface area contributed by atoms with E-state index in [1.807, 2.05) is 44.2 Å². The highest BCUT2D eigenvalue weighted by atomic mass is 16.4. The molecule has 0 heterocycles. The van der Waals surface area contributed by atoms with Crippen molar-refractivity contribution in [2.75, 3.05) is 6.54 Å². The maximum atomic E-state index is 12.3. The molecule has 8 nitrogen and oxygen atoms in total. The first-order valence-electron chi connectivity index (χ1n) is 8.06. The van der Waals surface area contributed by atoms with Crippen LogP contribution in [-0.4, -0.2) is 51.5 Å². The molecule has 1 atom stereocenters. The second kappa shape index (κ2) is 11.6. The number of carbonyl (C=O) groups excluding carboxylic acids is 2. The van der Waals surface area contributed by atoms with Crippen LogP contribution in [0.2, 0.25) is 0 Å². The lowest BCUT2D eigenvalue weighted by molar-refractivity contribution is -0.143. The van der Waals surface area contributed by atoms with Crippen molar-refractivity contribution in [3.63, 3.8) is 0 Å². The van der Waals surface area contributed by atoms with Crippen LogP contribution in [0.15, 0.2) is 30.3 Å². The Morgan fingerprint density at radius 2 is 1.54 bits per heavy atom. The molecule has 0 saturated carbocycles. The van der Waals surface area contributed by atoms with Crippen molar-refractivity contribution in [1.82, 2.24) is 10.2 Å². The maximum absolute atomic E-state index is 12.3. The highest BCUT2D eigenvalue weighted by Gasteiger charge is 2.31. The summed E-state index contributed by atoms with van der Waals surface area (Å²) in [5, 5.41) is 18.4. The van der Waals surface area contributed by atoms with Gasteiger partial charge in [-0.3, -0.25) is 19.2 Å². The zero-order valence-corrected chi connectivity index (χ0v) is 15.4. The first-order valence-corrected chi connectivity index (χ1v) is 8.06. The molecular weight excluding hydrogens is 340 g/mol. The van der Waals surface area contributed by atoms with Gasteiger partial charge in [0.2, 0.25) is 11.8 Å². The summed E-state index contributed by atoms with van der Waals surface area (Å²) in [4.78, 5) is 45.3. The standard InChI is InChI=1S/C16H22N2O4.C2H4O2/c1-11(2)15(16(22)17-9-14(20)21)18(12(3)19)10-13-7-5-4-6-8-13;1-2(3)4/h4-8,11,15H,9-10H2,1-3H3,(H,17,22)(H,20,21);1H3,(H,3,4). The second-order valence-corrected chi connectivity index (χ2v) is 5.95. The molecule has 26 heavy (non-hydrogen) atoms. The van der Waals surface area contributed by atoms with Crippen LogP contribution in [0.25, 0.3) is 0 Å². The summed E-state index contributed by atoms with van der Waals surface area (Å²) < 4.78 is 0. The number of carboxylic acid groups (broad SMARTS) is 2. The topological polar surface area (TPSA) is 124 Å². The number of carboxylic acids is 2. The highest BCUT2D eigenvalue weighted by molar-refractivity contribution is 5.89. The van der Waals surface area contributed by atoms with Gasteiger partial charge in [-0.05, 0) is 11.5 Å². The van der Waals surface area contributed by atoms with Crippen LogP contribution in [-0.2, 0) is 25.7 Å².